The predicted molar refractivity (Wildman–Crippen MR) is 123 cm³/mol. The summed E-state index contributed by atoms with van der Waals surface area (Å²) < 4.78 is 6.85. The van der Waals surface area contributed by atoms with Crippen molar-refractivity contribution in [3.63, 3.8) is 0 Å². The van der Waals surface area contributed by atoms with Gasteiger partial charge in [-0.3, -0.25) is 19.3 Å². The summed E-state index contributed by atoms with van der Waals surface area (Å²) in [5, 5.41) is 3.15. The molecule has 2 aromatic carbocycles. The average Bonchev–Trinajstić information content (AvgIpc) is 2.80. The Hall–Kier alpha value is -3.23. The van der Waals surface area contributed by atoms with Crippen molar-refractivity contribution in [2.45, 2.75) is 26.4 Å². The number of benzene rings is 2. The van der Waals surface area contributed by atoms with Crippen LogP contribution < -0.4 is 16.4 Å². The van der Waals surface area contributed by atoms with Gasteiger partial charge in [0.05, 0.1) is 30.3 Å². The van der Waals surface area contributed by atoms with E-state index in [1.165, 1.54) is 4.57 Å². The van der Waals surface area contributed by atoms with Crippen molar-refractivity contribution >= 4 is 16.9 Å². The maximum Gasteiger partial charge on any atom is 0.316 e. The third kappa shape index (κ3) is 4.66. The Kier molecular flexibility index (Phi) is 6.53. The molecule has 0 radical (unpaired) electrons. The number of aromatic amines is 1. The number of morpholine rings is 1. The predicted octanol–water partition coefficient (Wildman–Crippen LogP) is 1.82. The van der Waals surface area contributed by atoms with E-state index in [1.54, 1.807) is 25.1 Å². The molecule has 32 heavy (non-hydrogen) atoms. The summed E-state index contributed by atoms with van der Waals surface area (Å²) in [6.45, 7) is 7.91. The van der Waals surface area contributed by atoms with E-state index in [-0.39, 0.29) is 11.9 Å². The minimum absolute atomic E-state index is 0.194. The molecule has 168 valence electrons. The highest BCUT2D eigenvalue weighted by atomic mass is 16.5. The molecule has 1 aliphatic rings. The van der Waals surface area contributed by atoms with E-state index in [2.05, 4.69) is 15.2 Å². The first-order valence-electron chi connectivity index (χ1n) is 10.9. The SMILES string of the molecule is CCn1c(=O)c(=O)[nH]c2cc(C(=O)NC(CN3CCOCC3)c3ccc(C)cc3)ccc21. The summed E-state index contributed by atoms with van der Waals surface area (Å²) in [5.41, 5.74) is 2.38. The number of carbonyl (C=O) groups is 1. The van der Waals surface area contributed by atoms with Crippen LogP contribution in [0.2, 0.25) is 0 Å². The number of carbonyl (C=O) groups excluding carboxylic acids is 1. The van der Waals surface area contributed by atoms with Crippen LogP contribution >= 0.6 is 0 Å². The van der Waals surface area contributed by atoms with Gasteiger partial charge in [-0.1, -0.05) is 29.8 Å². The molecule has 1 amide bonds. The van der Waals surface area contributed by atoms with Crippen molar-refractivity contribution in [3.05, 3.63) is 79.9 Å². The first kappa shape index (κ1) is 22.0. The molecule has 1 atom stereocenters. The second-order valence-electron chi connectivity index (χ2n) is 8.09. The van der Waals surface area contributed by atoms with Gasteiger partial charge >= 0.3 is 11.1 Å². The maximum absolute atomic E-state index is 13.2. The molecule has 3 aromatic rings. The Bertz CT molecular complexity index is 1220. The van der Waals surface area contributed by atoms with Crippen LogP contribution in [0.5, 0.6) is 0 Å². The van der Waals surface area contributed by atoms with Gasteiger partial charge in [0, 0.05) is 31.7 Å². The Morgan fingerprint density at radius 1 is 1.12 bits per heavy atom. The zero-order valence-corrected chi connectivity index (χ0v) is 18.4. The minimum atomic E-state index is -0.693. The molecular weight excluding hydrogens is 408 g/mol. The molecule has 1 aromatic heterocycles. The van der Waals surface area contributed by atoms with E-state index in [0.29, 0.717) is 42.9 Å². The van der Waals surface area contributed by atoms with E-state index < -0.39 is 11.1 Å². The standard InChI is InChI=1S/C24H28N4O4/c1-3-28-21-9-8-18(14-19(21)25-23(30)24(28)31)22(29)26-20(15-27-10-12-32-13-11-27)17-6-4-16(2)5-7-17/h4-9,14,20H,3,10-13,15H2,1-2H3,(H,25,30)(H,26,29). The van der Waals surface area contributed by atoms with Crippen LogP contribution in [0, 0.1) is 6.92 Å². The molecule has 2 heterocycles. The molecule has 8 heteroatoms. The van der Waals surface area contributed by atoms with Crippen molar-refractivity contribution in [1.82, 2.24) is 19.8 Å². The van der Waals surface area contributed by atoms with Crippen LogP contribution in [0.25, 0.3) is 11.0 Å². The van der Waals surface area contributed by atoms with Crippen LogP contribution in [-0.2, 0) is 11.3 Å². The number of rotatable bonds is 6. The molecule has 0 spiro atoms. The highest BCUT2D eigenvalue weighted by Gasteiger charge is 2.21. The summed E-state index contributed by atoms with van der Waals surface area (Å²) in [6, 6.07) is 13.0. The molecule has 0 bridgehead atoms. The van der Waals surface area contributed by atoms with Gasteiger partial charge in [0.25, 0.3) is 5.91 Å². The monoisotopic (exact) mass is 436 g/mol. The molecule has 4 rings (SSSR count). The fourth-order valence-electron chi connectivity index (χ4n) is 4.05. The molecule has 1 fully saturated rings. The van der Waals surface area contributed by atoms with Crippen molar-refractivity contribution in [3.8, 4) is 0 Å². The summed E-state index contributed by atoms with van der Waals surface area (Å²) in [7, 11) is 0. The lowest BCUT2D eigenvalue weighted by molar-refractivity contribution is 0.0332. The van der Waals surface area contributed by atoms with Gasteiger partial charge in [0.15, 0.2) is 0 Å². The Balaban J connectivity index is 1.62. The third-order valence-electron chi connectivity index (χ3n) is 5.88. The zero-order valence-electron chi connectivity index (χ0n) is 18.4. The molecule has 1 saturated heterocycles. The summed E-state index contributed by atoms with van der Waals surface area (Å²) in [4.78, 5) is 42.1. The van der Waals surface area contributed by atoms with Gasteiger partial charge in [-0.25, -0.2) is 0 Å². The number of hydrogen-bond acceptors (Lipinski definition) is 5. The summed E-state index contributed by atoms with van der Waals surface area (Å²) in [5.74, 6) is -0.235. The number of ether oxygens (including phenoxy) is 1. The van der Waals surface area contributed by atoms with Crippen LogP contribution in [-0.4, -0.2) is 53.2 Å². The first-order valence-corrected chi connectivity index (χ1v) is 10.9. The topological polar surface area (TPSA) is 96.4 Å². The van der Waals surface area contributed by atoms with Gasteiger partial charge in [-0.05, 0) is 37.6 Å². The van der Waals surface area contributed by atoms with Crippen molar-refractivity contribution < 1.29 is 9.53 Å². The smallest absolute Gasteiger partial charge is 0.316 e. The number of nitrogens with one attached hydrogen (secondary N) is 2. The Morgan fingerprint density at radius 3 is 2.53 bits per heavy atom. The molecule has 0 aliphatic carbocycles. The molecule has 0 saturated carbocycles. The number of H-pyrrole nitrogens is 1. The summed E-state index contributed by atoms with van der Waals surface area (Å²) >= 11 is 0. The van der Waals surface area contributed by atoms with Crippen LogP contribution in [0.15, 0.2) is 52.1 Å². The number of amides is 1. The second-order valence-corrected chi connectivity index (χ2v) is 8.09. The van der Waals surface area contributed by atoms with Gasteiger partial charge < -0.3 is 19.6 Å². The van der Waals surface area contributed by atoms with E-state index in [0.717, 1.165) is 24.2 Å². The zero-order chi connectivity index (χ0) is 22.7. The summed E-state index contributed by atoms with van der Waals surface area (Å²) in [6.07, 6.45) is 0. The maximum atomic E-state index is 13.2. The lowest BCUT2D eigenvalue weighted by Gasteiger charge is -2.31. The number of nitrogens with zero attached hydrogens (tertiary/aromatic N) is 2. The highest BCUT2D eigenvalue weighted by molar-refractivity contribution is 5.97. The van der Waals surface area contributed by atoms with Crippen LogP contribution in [0.1, 0.15) is 34.5 Å². The molecule has 8 nitrogen and oxygen atoms in total. The Morgan fingerprint density at radius 2 is 1.84 bits per heavy atom. The van der Waals surface area contributed by atoms with Crippen molar-refractivity contribution in [1.29, 1.82) is 0 Å². The minimum Gasteiger partial charge on any atom is -0.379 e. The normalized spacial score (nSPS) is 15.6. The van der Waals surface area contributed by atoms with Crippen molar-refractivity contribution in [2.24, 2.45) is 0 Å². The lowest BCUT2D eigenvalue weighted by atomic mass is 10.0. The van der Waals surface area contributed by atoms with Gasteiger partial charge in [0.2, 0.25) is 0 Å². The average molecular weight is 437 g/mol. The highest BCUT2D eigenvalue weighted by Crippen LogP contribution is 2.18. The van der Waals surface area contributed by atoms with Crippen LogP contribution in [0.4, 0.5) is 0 Å². The second kappa shape index (κ2) is 9.50. The van der Waals surface area contributed by atoms with Gasteiger partial charge in [0.1, 0.15) is 0 Å². The first-order chi connectivity index (χ1) is 15.5. The number of hydrogen-bond donors (Lipinski definition) is 2. The fraction of sp³-hybridized carbons (Fsp3) is 0.375. The van der Waals surface area contributed by atoms with Gasteiger partial charge in [-0.15, -0.1) is 0 Å². The number of fused-ring (bicyclic) bond motifs is 1. The van der Waals surface area contributed by atoms with Gasteiger partial charge in [-0.2, -0.15) is 0 Å². The van der Waals surface area contributed by atoms with Crippen molar-refractivity contribution in [2.75, 3.05) is 32.8 Å². The largest absolute Gasteiger partial charge is 0.379 e. The quantitative estimate of drug-likeness (QED) is 0.575. The van der Waals surface area contributed by atoms with E-state index in [1.807, 2.05) is 31.2 Å². The number of aryl methyl sites for hydroxylation is 2. The molecular formula is C24H28N4O4. The van der Waals surface area contributed by atoms with E-state index in [9.17, 15) is 14.4 Å². The molecule has 1 unspecified atom stereocenters. The Labute approximate surface area is 185 Å². The fourth-order valence-corrected chi connectivity index (χ4v) is 4.05. The number of aromatic nitrogens is 2. The van der Waals surface area contributed by atoms with E-state index >= 15 is 0 Å². The molecule has 2 N–H and O–H groups in total. The lowest BCUT2D eigenvalue weighted by Crippen LogP contribution is -2.43. The van der Waals surface area contributed by atoms with E-state index in [4.69, 9.17) is 4.74 Å². The van der Waals surface area contributed by atoms with Crippen LogP contribution in [0.3, 0.4) is 0 Å². The third-order valence-corrected chi connectivity index (χ3v) is 5.88. The molecule has 1 aliphatic heterocycles.